The minimum atomic E-state index is -0.517. The molecule has 0 aromatic rings. The number of nitrogens with two attached hydrogens (primary N) is 1. The average molecular weight is 173 g/mol. The summed E-state index contributed by atoms with van der Waals surface area (Å²) >= 11 is 0. The minimum Gasteiger partial charge on any atom is -0.368 e. The Bertz CT molecular complexity index is 179. The number of likely N-dealkylation sites (N-methyl/N-ethyl adjacent to an activating group) is 1. The van der Waals surface area contributed by atoms with E-state index in [1.54, 1.807) is 0 Å². The zero-order valence-corrected chi connectivity index (χ0v) is 7.63. The lowest BCUT2D eigenvalue weighted by Gasteiger charge is -2.17. The molecule has 0 rings (SSSR count). The third-order valence-corrected chi connectivity index (χ3v) is 1.15. The van der Waals surface area contributed by atoms with E-state index in [1.807, 2.05) is 13.8 Å². The molecule has 3 amide bonds. The van der Waals surface area contributed by atoms with E-state index in [0.717, 1.165) is 0 Å². The zero-order chi connectivity index (χ0) is 9.72. The van der Waals surface area contributed by atoms with E-state index in [9.17, 15) is 9.59 Å². The maximum absolute atomic E-state index is 11.1. The lowest BCUT2D eigenvalue weighted by atomic mass is 10.4. The summed E-state index contributed by atoms with van der Waals surface area (Å²) in [7, 11) is 1.52. The second-order valence-electron chi connectivity index (χ2n) is 2.93. The molecular weight excluding hydrogens is 158 g/mol. The Morgan fingerprint density at radius 1 is 1.50 bits per heavy atom. The largest absolute Gasteiger partial charge is 0.368 e. The van der Waals surface area contributed by atoms with Crippen LogP contribution in [0.1, 0.15) is 13.8 Å². The molecule has 0 spiro atoms. The Labute approximate surface area is 71.9 Å². The van der Waals surface area contributed by atoms with E-state index < -0.39 is 5.91 Å². The molecule has 70 valence electrons. The number of hydrogen-bond acceptors (Lipinski definition) is 2. The lowest BCUT2D eigenvalue weighted by Crippen LogP contribution is -2.44. The molecule has 0 aromatic carbocycles. The molecule has 0 aromatic heterocycles. The van der Waals surface area contributed by atoms with Crippen molar-refractivity contribution >= 4 is 11.9 Å². The molecule has 0 heterocycles. The number of rotatable bonds is 3. The summed E-state index contributed by atoms with van der Waals surface area (Å²) in [4.78, 5) is 22.7. The highest BCUT2D eigenvalue weighted by atomic mass is 16.2. The molecule has 12 heavy (non-hydrogen) atoms. The Morgan fingerprint density at radius 2 is 2.00 bits per heavy atom. The van der Waals surface area contributed by atoms with Crippen LogP contribution in [0.5, 0.6) is 0 Å². The Kier molecular flexibility index (Phi) is 4.10. The highest BCUT2D eigenvalue weighted by Crippen LogP contribution is 1.85. The van der Waals surface area contributed by atoms with E-state index in [2.05, 4.69) is 5.32 Å². The van der Waals surface area contributed by atoms with Gasteiger partial charge in [0.25, 0.3) is 0 Å². The van der Waals surface area contributed by atoms with Gasteiger partial charge in [0.05, 0.1) is 0 Å². The Hall–Kier alpha value is -1.26. The molecule has 0 fully saturated rings. The number of carbonyl (C=O) groups excluding carboxylic acids is 2. The van der Waals surface area contributed by atoms with Crippen molar-refractivity contribution in [2.75, 3.05) is 13.6 Å². The van der Waals surface area contributed by atoms with Crippen LogP contribution < -0.4 is 11.1 Å². The van der Waals surface area contributed by atoms with Gasteiger partial charge in [0, 0.05) is 13.1 Å². The number of carbonyl (C=O) groups is 2. The van der Waals surface area contributed by atoms with Crippen LogP contribution in [0.4, 0.5) is 4.79 Å². The third-order valence-electron chi connectivity index (χ3n) is 1.15. The van der Waals surface area contributed by atoms with Crippen LogP contribution in [0.3, 0.4) is 0 Å². The molecule has 0 atom stereocenters. The van der Waals surface area contributed by atoms with Gasteiger partial charge in [-0.3, -0.25) is 4.79 Å². The van der Waals surface area contributed by atoms with Gasteiger partial charge in [-0.2, -0.15) is 0 Å². The number of nitrogens with zero attached hydrogens (tertiary/aromatic N) is 1. The maximum atomic E-state index is 11.1. The van der Waals surface area contributed by atoms with Crippen molar-refractivity contribution in [1.82, 2.24) is 10.2 Å². The first kappa shape index (κ1) is 10.7. The van der Waals surface area contributed by atoms with E-state index >= 15 is 0 Å². The summed E-state index contributed by atoms with van der Waals surface area (Å²) in [5, 5.41) is 2.63. The maximum Gasteiger partial charge on any atom is 0.317 e. The van der Waals surface area contributed by atoms with Crippen molar-refractivity contribution in [3.63, 3.8) is 0 Å². The number of urea groups is 1. The fraction of sp³-hybridized carbons (Fsp3) is 0.714. The van der Waals surface area contributed by atoms with Crippen molar-refractivity contribution in [3.8, 4) is 0 Å². The predicted octanol–water partition coefficient (Wildman–Crippen LogP) is -0.478. The van der Waals surface area contributed by atoms with Crippen LogP contribution in [0.25, 0.3) is 0 Å². The first-order valence-corrected chi connectivity index (χ1v) is 3.73. The average Bonchev–Trinajstić information content (AvgIpc) is 1.84. The van der Waals surface area contributed by atoms with E-state index in [0.29, 0.717) is 0 Å². The third kappa shape index (κ3) is 4.54. The van der Waals surface area contributed by atoms with Gasteiger partial charge in [-0.25, -0.2) is 4.79 Å². The first-order chi connectivity index (χ1) is 5.43. The minimum absolute atomic E-state index is 0.0570. The molecule has 0 unspecified atom stereocenters. The van der Waals surface area contributed by atoms with Gasteiger partial charge in [-0.15, -0.1) is 0 Å². The van der Waals surface area contributed by atoms with Gasteiger partial charge in [0.2, 0.25) is 5.91 Å². The second kappa shape index (κ2) is 4.58. The predicted molar refractivity (Wildman–Crippen MR) is 45.5 cm³/mol. The molecule has 5 heteroatoms. The van der Waals surface area contributed by atoms with Crippen LogP contribution >= 0.6 is 0 Å². The topological polar surface area (TPSA) is 75.4 Å². The molecule has 0 saturated heterocycles. The van der Waals surface area contributed by atoms with Crippen LogP contribution in [0.2, 0.25) is 0 Å². The molecule has 0 saturated carbocycles. The van der Waals surface area contributed by atoms with E-state index in [4.69, 9.17) is 5.73 Å². The van der Waals surface area contributed by atoms with Gasteiger partial charge < -0.3 is 16.0 Å². The molecule has 0 aliphatic heterocycles. The quantitative estimate of drug-likeness (QED) is 0.605. The molecule has 0 aliphatic carbocycles. The van der Waals surface area contributed by atoms with Crippen LogP contribution in [0, 0.1) is 0 Å². The number of hydrogen-bond donors (Lipinski definition) is 2. The normalized spacial score (nSPS) is 9.67. The number of nitrogens with one attached hydrogen (secondary N) is 1. The smallest absolute Gasteiger partial charge is 0.317 e. The second-order valence-corrected chi connectivity index (χ2v) is 2.93. The first-order valence-electron chi connectivity index (χ1n) is 3.73. The van der Waals surface area contributed by atoms with Crippen LogP contribution in [0.15, 0.2) is 0 Å². The van der Waals surface area contributed by atoms with Gasteiger partial charge in [0.1, 0.15) is 6.54 Å². The monoisotopic (exact) mass is 173 g/mol. The molecule has 0 radical (unpaired) electrons. The van der Waals surface area contributed by atoms with E-state index in [-0.39, 0.29) is 18.6 Å². The Balaban J connectivity index is 3.85. The highest BCUT2D eigenvalue weighted by Gasteiger charge is 2.10. The summed E-state index contributed by atoms with van der Waals surface area (Å²) in [5.41, 5.74) is 4.90. The molecule has 0 aliphatic rings. The fourth-order valence-corrected chi connectivity index (χ4v) is 0.663. The van der Waals surface area contributed by atoms with Crippen LogP contribution in [-0.2, 0) is 4.79 Å². The number of primary amides is 1. The molecule has 0 bridgehead atoms. The summed E-state index contributed by atoms with van der Waals surface area (Å²) < 4.78 is 0. The van der Waals surface area contributed by atoms with Crippen molar-refractivity contribution in [2.45, 2.75) is 19.9 Å². The van der Waals surface area contributed by atoms with Crippen molar-refractivity contribution < 1.29 is 9.59 Å². The fourth-order valence-electron chi connectivity index (χ4n) is 0.663. The van der Waals surface area contributed by atoms with Crippen molar-refractivity contribution in [2.24, 2.45) is 5.73 Å². The van der Waals surface area contributed by atoms with Gasteiger partial charge >= 0.3 is 6.03 Å². The molecular formula is C7H15N3O2. The van der Waals surface area contributed by atoms with Gasteiger partial charge in [0.15, 0.2) is 0 Å². The van der Waals surface area contributed by atoms with Crippen molar-refractivity contribution in [3.05, 3.63) is 0 Å². The Morgan fingerprint density at radius 3 is 2.33 bits per heavy atom. The molecule has 3 N–H and O–H groups in total. The summed E-state index contributed by atoms with van der Waals surface area (Å²) in [6, 6.07) is -0.225. The summed E-state index contributed by atoms with van der Waals surface area (Å²) in [5.74, 6) is -0.517. The van der Waals surface area contributed by atoms with Crippen molar-refractivity contribution in [1.29, 1.82) is 0 Å². The summed E-state index contributed by atoms with van der Waals surface area (Å²) in [6.45, 7) is 3.63. The lowest BCUT2D eigenvalue weighted by molar-refractivity contribution is -0.118. The SMILES string of the molecule is CC(C)NC(=O)N(C)CC(N)=O. The van der Waals surface area contributed by atoms with Gasteiger partial charge in [-0.1, -0.05) is 0 Å². The zero-order valence-electron chi connectivity index (χ0n) is 7.63. The number of amides is 3. The van der Waals surface area contributed by atoms with Gasteiger partial charge in [-0.05, 0) is 13.8 Å². The molecule has 5 nitrogen and oxygen atoms in total. The van der Waals surface area contributed by atoms with Crippen LogP contribution in [-0.4, -0.2) is 36.5 Å². The highest BCUT2D eigenvalue weighted by molar-refractivity contribution is 5.82. The van der Waals surface area contributed by atoms with E-state index in [1.165, 1.54) is 11.9 Å². The standard InChI is InChI=1S/C7H15N3O2/c1-5(2)9-7(12)10(3)4-6(8)11/h5H,4H2,1-3H3,(H2,8,11)(H,9,12). The summed E-state index contributed by atoms with van der Waals surface area (Å²) in [6.07, 6.45) is 0.